The predicted molar refractivity (Wildman–Crippen MR) is 81.6 cm³/mol. The second-order valence-corrected chi connectivity index (χ2v) is 4.30. The Balaban J connectivity index is 1.83. The SMILES string of the molecule is S=C(NC/C=C/c1ccccc1)c1ccccc1. The molecule has 0 saturated carbocycles. The molecule has 1 N–H and O–H groups in total. The van der Waals surface area contributed by atoms with Gasteiger partial charge in [0.1, 0.15) is 4.99 Å². The summed E-state index contributed by atoms with van der Waals surface area (Å²) < 4.78 is 0. The summed E-state index contributed by atoms with van der Waals surface area (Å²) in [6, 6.07) is 20.2. The van der Waals surface area contributed by atoms with Gasteiger partial charge in [-0.15, -0.1) is 0 Å². The van der Waals surface area contributed by atoms with Crippen molar-refractivity contribution in [3.05, 3.63) is 77.9 Å². The third kappa shape index (κ3) is 3.82. The Hall–Kier alpha value is -1.93. The molecule has 0 heterocycles. The number of hydrogen-bond donors (Lipinski definition) is 1. The van der Waals surface area contributed by atoms with Crippen LogP contribution in [0.2, 0.25) is 0 Å². The van der Waals surface area contributed by atoms with Crippen molar-refractivity contribution < 1.29 is 0 Å². The normalized spacial score (nSPS) is 10.4. The van der Waals surface area contributed by atoms with Crippen molar-refractivity contribution in [2.75, 3.05) is 6.54 Å². The molecule has 0 fully saturated rings. The fourth-order valence-electron chi connectivity index (χ4n) is 1.60. The fourth-order valence-corrected chi connectivity index (χ4v) is 1.82. The van der Waals surface area contributed by atoms with Gasteiger partial charge in [0.25, 0.3) is 0 Å². The lowest BCUT2D eigenvalue weighted by atomic mass is 10.2. The molecule has 2 heteroatoms. The molecule has 0 aromatic heterocycles. The Morgan fingerprint density at radius 2 is 1.56 bits per heavy atom. The molecule has 0 saturated heterocycles. The van der Waals surface area contributed by atoms with Gasteiger partial charge in [-0.25, -0.2) is 0 Å². The van der Waals surface area contributed by atoms with Gasteiger partial charge in [-0.05, 0) is 5.56 Å². The number of thiocarbonyl (C=S) groups is 1. The summed E-state index contributed by atoms with van der Waals surface area (Å²) in [6.45, 7) is 0.739. The molecule has 0 aliphatic heterocycles. The van der Waals surface area contributed by atoms with E-state index < -0.39 is 0 Å². The topological polar surface area (TPSA) is 12.0 Å². The molecule has 0 spiro atoms. The van der Waals surface area contributed by atoms with Gasteiger partial charge >= 0.3 is 0 Å². The lowest BCUT2D eigenvalue weighted by molar-refractivity contribution is 1.07. The van der Waals surface area contributed by atoms with E-state index in [9.17, 15) is 0 Å². The Morgan fingerprint density at radius 3 is 2.22 bits per heavy atom. The largest absolute Gasteiger partial charge is 0.372 e. The molecule has 2 aromatic carbocycles. The first kappa shape index (κ1) is 12.5. The molecule has 0 bridgehead atoms. The maximum absolute atomic E-state index is 5.31. The average Bonchev–Trinajstić information content (AvgIpc) is 2.45. The molecule has 0 atom stereocenters. The van der Waals surface area contributed by atoms with Crippen LogP contribution in [0.5, 0.6) is 0 Å². The van der Waals surface area contributed by atoms with Crippen molar-refractivity contribution in [1.82, 2.24) is 5.32 Å². The van der Waals surface area contributed by atoms with Gasteiger partial charge < -0.3 is 5.32 Å². The molecule has 0 amide bonds. The first-order valence-electron chi connectivity index (χ1n) is 5.91. The zero-order valence-corrected chi connectivity index (χ0v) is 10.9. The number of rotatable bonds is 4. The Labute approximate surface area is 113 Å². The molecule has 18 heavy (non-hydrogen) atoms. The van der Waals surface area contributed by atoms with Crippen molar-refractivity contribution in [2.24, 2.45) is 0 Å². The molecule has 90 valence electrons. The highest BCUT2D eigenvalue weighted by Gasteiger charge is 1.96. The van der Waals surface area contributed by atoms with Crippen LogP contribution in [0.15, 0.2) is 66.7 Å². The lowest BCUT2D eigenvalue weighted by Crippen LogP contribution is -2.21. The van der Waals surface area contributed by atoms with E-state index in [0.29, 0.717) is 0 Å². The zero-order valence-electron chi connectivity index (χ0n) is 10.0. The highest BCUT2D eigenvalue weighted by atomic mass is 32.1. The molecule has 0 aliphatic carbocycles. The maximum atomic E-state index is 5.31. The Bertz CT molecular complexity index is 517. The fraction of sp³-hybridized carbons (Fsp3) is 0.0625. The van der Waals surface area contributed by atoms with Gasteiger partial charge in [-0.2, -0.15) is 0 Å². The van der Waals surface area contributed by atoms with E-state index in [2.05, 4.69) is 29.6 Å². The van der Waals surface area contributed by atoms with Gasteiger partial charge in [0.15, 0.2) is 0 Å². The van der Waals surface area contributed by atoms with E-state index in [1.807, 2.05) is 48.5 Å². The van der Waals surface area contributed by atoms with Crippen LogP contribution in [-0.4, -0.2) is 11.5 Å². The van der Waals surface area contributed by atoms with Crippen LogP contribution in [0, 0.1) is 0 Å². The maximum Gasteiger partial charge on any atom is 0.106 e. The van der Waals surface area contributed by atoms with Crippen LogP contribution >= 0.6 is 12.2 Å². The number of hydrogen-bond acceptors (Lipinski definition) is 1. The lowest BCUT2D eigenvalue weighted by Gasteiger charge is -2.04. The van der Waals surface area contributed by atoms with Crippen LogP contribution in [0.1, 0.15) is 11.1 Å². The van der Waals surface area contributed by atoms with Crippen LogP contribution in [0.3, 0.4) is 0 Å². The molecule has 2 aromatic rings. The molecule has 0 unspecified atom stereocenters. The summed E-state index contributed by atoms with van der Waals surface area (Å²) in [5.41, 5.74) is 2.26. The third-order valence-corrected chi connectivity index (χ3v) is 2.91. The average molecular weight is 253 g/mol. The number of benzene rings is 2. The van der Waals surface area contributed by atoms with Crippen LogP contribution < -0.4 is 5.32 Å². The van der Waals surface area contributed by atoms with E-state index in [1.165, 1.54) is 5.56 Å². The van der Waals surface area contributed by atoms with Gasteiger partial charge in [-0.3, -0.25) is 0 Å². The third-order valence-electron chi connectivity index (χ3n) is 2.53. The second kappa shape index (κ2) is 6.72. The van der Waals surface area contributed by atoms with Crippen molar-refractivity contribution in [2.45, 2.75) is 0 Å². The molecular weight excluding hydrogens is 238 g/mol. The minimum atomic E-state index is 0.739. The second-order valence-electron chi connectivity index (χ2n) is 3.89. The summed E-state index contributed by atoms with van der Waals surface area (Å²) in [4.78, 5) is 0.785. The van der Waals surface area contributed by atoms with Crippen molar-refractivity contribution in [3.63, 3.8) is 0 Å². The van der Waals surface area contributed by atoms with E-state index >= 15 is 0 Å². The summed E-state index contributed by atoms with van der Waals surface area (Å²) in [5.74, 6) is 0. The molecular formula is C16H15NS. The molecule has 0 aliphatic rings. The van der Waals surface area contributed by atoms with E-state index in [4.69, 9.17) is 12.2 Å². The van der Waals surface area contributed by atoms with Crippen LogP contribution in [-0.2, 0) is 0 Å². The van der Waals surface area contributed by atoms with Crippen LogP contribution in [0.25, 0.3) is 6.08 Å². The minimum Gasteiger partial charge on any atom is -0.372 e. The Morgan fingerprint density at radius 1 is 0.944 bits per heavy atom. The highest BCUT2D eigenvalue weighted by molar-refractivity contribution is 7.80. The smallest absolute Gasteiger partial charge is 0.106 e. The standard InChI is InChI=1S/C16H15NS/c18-16(15-11-5-2-6-12-15)17-13-7-10-14-8-3-1-4-9-14/h1-12H,13H2,(H,17,18)/b10-7+. The monoisotopic (exact) mass is 253 g/mol. The minimum absolute atomic E-state index is 0.739. The summed E-state index contributed by atoms with van der Waals surface area (Å²) in [5, 5.41) is 3.21. The zero-order chi connectivity index (χ0) is 12.6. The van der Waals surface area contributed by atoms with Gasteiger partial charge in [0.2, 0.25) is 0 Å². The van der Waals surface area contributed by atoms with Gasteiger partial charge in [-0.1, -0.05) is 85.0 Å². The van der Waals surface area contributed by atoms with E-state index in [0.717, 1.165) is 17.1 Å². The first-order chi connectivity index (χ1) is 8.86. The molecule has 0 radical (unpaired) electrons. The first-order valence-corrected chi connectivity index (χ1v) is 6.32. The quantitative estimate of drug-likeness (QED) is 0.834. The van der Waals surface area contributed by atoms with E-state index in [1.54, 1.807) is 0 Å². The van der Waals surface area contributed by atoms with Gasteiger partial charge in [0.05, 0.1) is 0 Å². The number of nitrogens with one attached hydrogen (secondary N) is 1. The molecule has 2 rings (SSSR count). The predicted octanol–water partition coefficient (Wildman–Crippen LogP) is 3.67. The van der Waals surface area contributed by atoms with Gasteiger partial charge in [0, 0.05) is 12.1 Å². The summed E-state index contributed by atoms with van der Waals surface area (Å²) in [6.07, 6.45) is 4.16. The van der Waals surface area contributed by atoms with Crippen molar-refractivity contribution >= 4 is 23.3 Å². The van der Waals surface area contributed by atoms with Crippen molar-refractivity contribution in [3.8, 4) is 0 Å². The van der Waals surface area contributed by atoms with E-state index in [-0.39, 0.29) is 0 Å². The Kier molecular flexibility index (Phi) is 4.68. The summed E-state index contributed by atoms with van der Waals surface area (Å²) in [7, 11) is 0. The molecule has 1 nitrogen and oxygen atoms in total. The van der Waals surface area contributed by atoms with Crippen molar-refractivity contribution in [1.29, 1.82) is 0 Å². The summed E-state index contributed by atoms with van der Waals surface area (Å²) >= 11 is 5.31. The highest BCUT2D eigenvalue weighted by Crippen LogP contribution is 2.01. The van der Waals surface area contributed by atoms with Crippen LogP contribution in [0.4, 0.5) is 0 Å².